The van der Waals surface area contributed by atoms with E-state index in [2.05, 4.69) is 0 Å². The third kappa shape index (κ3) is 1.51. The van der Waals surface area contributed by atoms with Gasteiger partial charge in [-0.1, -0.05) is 0 Å². The van der Waals surface area contributed by atoms with E-state index in [1.807, 2.05) is 0 Å². The number of allylic oxidation sites excluding steroid dienone is 1. The second-order valence-electron chi connectivity index (χ2n) is 1.51. The third-order valence-electron chi connectivity index (χ3n) is 0.715. The van der Waals surface area contributed by atoms with Crippen molar-refractivity contribution in [3.05, 3.63) is 11.4 Å². The Kier molecular flexibility index (Phi) is 1.88. The van der Waals surface area contributed by atoms with E-state index in [9.17, 15) is 0 Å². The van der Waals surface area contributed by atoms with Crippen LogP contribution in [0.15, 0.2) is 11.4 Å². The lowest BCUT2D eigenvalue weighted by atomic mass is 10.3. The Morgan fingerprint density at radius 1 is 1.25 bits per heavy atom. The minimum absolute atomic E-state index is 0.157. The molecule has 0 amide bonds. The van der Waals surface area contributed by atoms with E-state index in [0.717, 1.165) is 0 Å². The van der Waals surface area contributed by atoms with Crippen LogP contribution >= 0.6 is 0 Å². The molecule has 0 aliphatic heterocycles. The SMILES string of the molecule is C/C(N)=C(\N)C(=N)N. The van der Waals surface area contributed by atoms with Crippen LogP contribution in [0.5, 0.6) is 0 Å². The van der Waals surface area contributed by atoms with Crippen LogP contribution in [0.25, 0.3) is 0 Å². The molecule has 0 atom stereocenters. The Hall–Kier alpha value is -1.19. The smallest absolute Gasteiger partial charge is 0.140 e. The summed E-state index contributed by atoms with van der Waals surface area (Å²) < 4.78 is 0. The highest BCUT2D eigenvalue weighted by Gasteiger charge is 1.93. The van der Waals surface area contributed by atoms with Gasteiger partial charge in [0.1, 0.15) is 5.84 Å². The Balaban J connectivity index is 4.23. The Bertz CT molecular complexity index is 131. The van der Waals surface area contributed by atoms with E-state index < -0.39 is 0 Å². The molecule has 0 aromatic carbocycles. The number of amidine groups is 1. The summed E-state index contributed by atoms with van der Waals surface area (Å²) in [4.78, 5) is 0. The second kappa shape index (κ2) is 2.20. The zero-order valence-electron chi connectivity index (χ0n) is 4.73. The Labute approximate surface area is 47.8 Å². The summed E-state index contributed by atoms with van der Waals surface area (Å²) in [6.07, 6.45) is 0. The monoisotopic (exact) mass is 114 g/mol. The topological polar surface area (TPSA) is 102 Å². The van der Waals surface area contributed by atoms with Crippen molar-refractivity contribution in [3.63, 3.8) is 0 Å². The molecule has 0 bridgehead atoms. The molecule has 8 heavy (non-hydrogen) atoms. The number of nitrogens with two attached hydrogens (primary N) is 3. The number of hydrogen-bond acceptors (Lipinski definition) is 3. The summed E-state index contributed by atoms with van der Waals surface area (Å²) in [7, 11) is 0. The van der Waals surface area contributed by atoms with E-state index in [4.69, 9.17) is 22.6 Å². The lowest BCUT2D eigenvalue weighted by Crippen LogP contribution is -2.22. The molecule has 0 saturated carbocycles. The van der Waals surface area contributed by atoms with Crippen molar-refractivity contribution in [2.24, 2.45) is 17.2 Å². The van der Waals surface area contributed by atoms with Crippen molar-refractivity contribution in [2.45, 2.75) is 6.92 Å². The summed E-state index contributed by atoms with van der Waals surface area (Å²) in [6.45, 7) is 1.59. The van der Waals surface area contributed by atoms with Crippen molar-refractivity contribution in [3.8, 4) is 0 Å². The average Bonchev–Trinajstić information content (AvgIpc) is 1.64. The fraction of sp³-hybridized carbons (Fsp3) is 0.250. The highest BCUT2D eigenvalue weighted by atomic mass is 14.8. The minimum atomic E-state index is -0.176. The highest BCUT2D eigenvalue weighted by molar-refractivity contribution is 5.93. The van der Waals surface area contributed by atoms with Gasteiger partial charge < -0.3 is 17.2 Å². The van der Waals surface area contributed by atoms with Gasteiger partial charge in [-0.2, -0.15) is 0 Å². The quantitative estimate of drug-likeness (QED) is 0.261. The van der Waals surface area contributed by atoms with Crippen LogP contribution < -0.4 is 17.2 Å². The standard InChI is InChI=1S/C4H10N4/c1-2(5)3(6)4(7)8/h5-6H2,1H3,(H3,7,8)/b3-2+. The molecule has 0 aromatic heterocycles. The van der Waals surface area contributed by atoms with Gasteiger partial charge in [0.15, 0.2) is 0 Å². The van der Waals surface area contributed by atoms with Crippen LogP contribution in [0, 0.1) is 5.41 Å². The van der Waals surface area contributed by atoms with Crippen LogP contribution in [0.3, 0.4) is 0 Å². The fourth-order valence-electron chi connectivity index (χ4n) is 0.212. The molecule has 0 aliphatic carbocycles. The van der Waals surface area contributed by atoms with E-state index in [1.165, 1.54) is 0 Å². The lowest BCUT2D eigenvalue weighted by Gasteiger charge is -1.97. The first-order chi connectivity index (χ1) is 3.55. The number of hydrogen-bond donors (Lipinski definition) is 4. The van der Waals surface area contributed by atoms with Gasteiger partial charge in [-0.15, -0.1) is 0 Å². The van der Waals surface area contributed by atoms with Crippen molar-refractivity contribution in [2.75, 3.05) is 0 Å². The van der Waals surface area contributed by atoms with Crippen LogP contribution in [0.4, 0.5) is 0 Å². The van der Waals surface area contributed by atoms with Gasteiger partial charge in [-0.25, -0.2) is 0 Å². The van der Waals surface area contributed by atoms with Crippen LogP contribution in [-0.2, 0) is 0 Å². The molecular formula is C4H10N4. The summed E-state index contributed by atoms with van der Waals surface area (Å²) >= 11 is 0. The summed E-state index contributed by atoms with van der Waals surface area (Å²) in [5, 5.41) is 6.75. The molecule has 4 heteroatoms. The van der Waals surface area contributed by atoms with Gasteiger partial charge in [0, 0.05) is 5.70 Å². The van der Waals surface area contributed by atoms with Crippen molar-refractivity contribution < 1.29 is 0 Å². The maximum absolute atomic E-state index is 6.75. The van der Waals surface area contributed by atoms with Crippen molar-refractivity contribution in [1.82, 2.24) is 0 Å². The number of rotatable bonds is 1. The summed E-state index contributed by atoms with van der Waals surface area (Å²) in [5.74, 6) is -0.176. The molecule has 0 aliphatic rings. The van der Waals surface area contributed by atoms with Gasteiger partial charge in [0.05, 0.1) is 5.70 Å². The molecule has 0 spiro atoms. The highest BCUT2D eigenvalue weighted by Crippen LogP contribution is 1.85. The number of nitrogens with one attached hydrogen (secondary N) is 1. The molecule has 7 N–H and O–H groups in total. The van der Waals surface area contributed by atoms with Crippen molar-refractivity contribution in [1.29, 1.82) is 5.41 Å². The maximum atomic E-state index is 6.75. The minimum Gasteiger partial charge on any atom is -0.401 e. The predicted octanol–water partition coefficient (Wildman–Crippen LogP) is -0.929. The lowest BCUT2D eigenvalue weighted by molar-refractivity contribution is 1.21. The van der Waals surface area contributed by atoms with E-state index >= 15 is 0 Å². The second-order valence-corrected chi connectivity index (χ2v) is 1.51. The van der Waals surface area contributed by atoms with Crippen LogP contribution in [-0.4, -0.2) is 5.84 Å². The molecular weight excluding hydrogens is 104 g/mol. The van der Waals surface area contributed by atoms with Gasteiger partial charge in [-0.3, -0.25) is 5.41 Å². The first kappa shape index (κ1) is 6.81. The molecule has 4 nitrogen and oxygen atoms in total. The molecule has 46 valence electrons. The molecule has 0 aromatic rings. The molecule has 0 radical (unpaired) electrons. The van der Waals surface area contributed by atoms with Crippen LogP contribution in [0.1, 0.15) is 6.92 Å². The zero-order chi connectivity index (χ0) is 6.73. The Morgan fingerprint density at radius 2 is 1.62 bits per heavy atom. The van der Waals surface area contributed by atoms with E-state index in [-0.39, 0.29) is 11.5 Å². The largest absolute Gasteiger partial charge is 0.401 e. The first-order valence-corrected chi connectivity index (χ1v) is 2.12. The van der Waals surface area contributed by atoms with Crippen LogP contribution in [0.2, 0.25) is 0 Å². The predicted molar refractivity (Wildman–Crippen MR) is 33.0 cm³/mol. The van der Waals surface area contributed by atoms with Gasteiger partial charge >= 0.3 is 0 Å². The molecule has 0 saturated heterocycles. The maximum Gasteiger partial charge on any atom is 0.140 e. The molecule has 0 unspecified atom stereocenters. The first-order valence-electron chi connectivity index (χ1n) is 2.12. The van der Waals surface area contributed by atoms with Gasteiger partial charge in [-0.05, 0) is 6.92 Å². The van der Waals surface area contributed by atoms with E-state index in [0.29, 0.717) is 5.70 Å². The Morgan fingerprint density at radius 3 is 1.62 bits per heavy atom. The van der Waals surface area contributed by atoms with Gasteiger partial charge in [0.2, 0.25) is 0 Å². The third-order valence-corrected chi connectivity index (χ3v) is 0.715. The normalized spacial score (nSPS) is 12.6. The van der Waals surface area contributed by atoms with Crippen molar-refractivity contribution >= 4 is 5.84 Å². The molecule has 0 rings (SSSR count). The van der Waals surface area contributed by atoms with Gasteiger partial charge in [0.25, 0.3) is 0 Å². The zero-order valence-corrected chi connectivity index (χ0v) is 4.73. The fourth-order valence-corrected chi connectivity index (χ4v) is 0.212. The van der Waals surface area contributed by atoms with E-state index in [1.54, 1.807) is 6.92 Å². The summed E-state index contributed by atoms with van der Waals surface area (Å²) in [5.41, 5.74) is 15.8. The molecule has 0 fully saturated rings. The average molecular weight is 114 g/mol. The molecule has 0 heterocycles. The summed E-state index contributed by atoms with van der Waals surface area (Å²) in [6, 6.07) is 0.